The predicted molar refractivity (Wildman–Crippen MR) is 69.4 cm³/mol. The van der Waals surface area contributed by atoms with Gasteiger partial charge < -0.3 is 10.1 Å². The van der Waals surface area contributed by atoms with Gasteiger partial charge in [0.25, 0.3) is 0 Å². The molecule has 1 N–H and O–H groups in total. The topological polar surface area (TPSA) is 38.3 Å². The van der Waals surface area contributed by atoms with Gasteiger partial charge in [-0.1, -0.05) is 19.4 Å². The van der Waals surface area contributed by atoms with Crippen molar-refractivity contribution in [3.63, 3.8) is 0 Å². The minimum Gasteiger partial charge on any atom is -0.456 e. The number of halogens is 2. The van der Waals surface area contributed by atoms with Crippen LogP contribution in [0.5, 0.6) is 0 Å². The fraction of sp³-hybridized carbons (Fsp3) is 0.615. The van der Waals surface area contributed by atoms with E-state index in [2.05, 4.69) is 17.0 Å². The number of alkyl halides is 2. The van der Waals surface area contributed by atoms with Crippen molar-refractivity contribution < 1.29 is 18.3 Å². The molecule has 1 aliphatic heterocycles. The van der Waals surface area contributed by atoms with E-state index in [9.17, 15) is 13.6 Å². The van der Waals surface area contributed by atoms with E-state index >= 15 is 0 Å². The Bertz CT molecular complexity index is 422. The third-order valence-corrected chi connectivity index (χ3v) is 4.10. The predicted octanol–water partition coefficient (Wildman–Crippen LogP) is 3.13. The second-order valence-corrected chi connectivity index (χ2v) is 5.68. The summed E-state index contributed by atoms with van der Waals surface area (Å²) >= 11 is 1.64. The average molecular weight is 289 g/mol. The van der Waals surface area contributed by atoms with Crippen LogP contribution >= 0.6 is 11.3 Å². The number of ether oxygens (including phenoxy) is 1. The Morgan fingerprint density at radius 2 is 2.42 bits per heavy atom. The Kier molecular flexibility index (Phi) is 4.52. The first-order chi connectivity index (χ1) is 9.03. The van der Waals surface area contributed by atoms with Gasteiger partial charge in [-0.2, -0.15) is 8.78 Å². The minimum atomic E-state index is -3.32. The summed E-state index contributed by atoms with van der Waals surface area (Å²) in [6.07, 6.45) is 0.664. The summed E-state index contributed by atoms with van der Waals surface area (Å²) in [4.78, 5) is 12.1. The molecule has 1 fully saturated rings. The van der Waals surface area contributed by atoms with Crippen LogP contribution in [0.1, 0.15) is 37.1 Å². The maximum Gasteiger partial charge on any atom is 0.377 e. The molecule has 2 rings (SSSR count). The van der Waals surface area contributed by atoms with Gasteiger partial charge in [0.2, 0.25) is 0 Å². The second kappa shape index (κ2) is 5.96. The third kappa shape index (κ3) is 3.51. The Labute approximate surface area is 115 Å². The van der Waals surface area contributed by atoms with E-state index in [1.165, 1.54) is 4.88 Å². The van der Waals surface area contributed by atoms with E-state index in [0.717, 1.165) is 12.8 Å². The summed E-state index contributed by atoms with van der Waals surface area (Å²) < 4.78 is 30.7. The number of carbonyl (C=O) groups is 1. The first-order valence-corrected chi connectivity index (χ1v) is 7.26. The minimum absolute atomic E-state index is 0.137. The van der Waals surface area contributed by atoms with Crippen molar-refractivity contribution in [2.24, 2.45) is 0 Å². The summed E-state index contributed by atoms with van der Waals surface area (Å²) in [5.74, 6) is -4.72. The molecule has 2 heterocycles. The Hall–Kier alpha value is -1.01. The maximum atomic E-state index is 13.0. The van der Waals surface area contributed by atoms with Crippen molar-refractivity contribution in [1.82, 2.24) is 5.32 Å². The van der Waals surface area contributed by atoms with Crippen LogP contribution in [0.2, 0.25) is 0 Å². The van der Waals surface area contributed by atoms with Gasteiger partial charge in [-0.25, -0.2) is 4.79 Å². The maximum absolute atomic E-state index is 13.0. The number of nitrogens with one attached hydrogen (secondary N) is 1. The Morgan fingerprint density at radius 1 is 1.63 bits per heavy atom. The summed E-state index contributed by atoms with van der Waals surface area (Å²) in [5.41, 5.74) is 0. The zero-order valence-corrected chi connectivity index (χ0v) is 11.5. The summed E-state index contributed by atoms with van der Waals surface area (Å²) in [6, 6.07) is 4.12. The Morgan fingerprint density at radius 3 is 2.95 bits per heavy atom. The zero-order chi connectivity index (χ0) is 13.9. The molecule has 1 aliphatic rings. The van der Waals surface area contributed by atoms with Crippen molar-refractivity contribution in [1.29, 1.82) is 0 Å². The summed E-state index contributed by atoms with van der Waals surface area (Å²) in [7, 11) is 0. The standard InChI is InChI=1S/C13H17F2NO2S/c1-2-4-10(11-5-3-6-19-11)16-8-9-7-13(14,15)12(17)18-9/h3,5-6,9-10,16H,2,4,7-8H2,1H3. The number of hydrogen-bond acceptors (Lipinski definition) is 4. The fourth-order valence-electron chi connectivity index (χ4n) is 2.16. The molecule has 1 aromatic rings. The van der Waals surface area contributed by atoms with Crippen LogP contribution in [0.4, 0.5) is 8.78 Å². The Balaban J connectivity index is 1.88. The molecule has 6 heteroatoms. The van der Waals surface area contributed by atoms with E-state index in [-0.39, 0.29) is 12.6 Å². The van der Waals surface area contributed by atoms with Crippen LogP contribution in [0, 0.1) is 0 Å². The fourth-order valence-corrected chi connectivity index (χ4v) is 3.00. The highest BCUT2D eigenvalue weighted by Gasteiger charge is 2.50. The lowest BCUT2D eigenvalue weighted by Gasteiger charge is -2.18. The molecule has 2 atom stereocenters. The summed E-state index contributed by atoms with van der Waals surface area (Å²) in [5, 5.41) is 5.21. The van der Waals surface area contributed by atoms with Gasteiger partial charge in [0.15, 0.2) is 0 Å². The lowest BCUT2D eigenvalue weighted by Crippen LogP contribution is -2.30. The molecule has 0 aromatic carbocycles. The van der Waals surface area contributed by atoms with E-state index in [4.69, 9.17) is 0 Å². The van der Waals surface area contributed by atoms with Crippen LogP contribution < -0.4 is 5.32 Å². The lowest BCUT2D eigenvalue weighted by atomic mass is 10.1. The van der Waals surface area contributed by atoms with Gasteiger partial charge in [0, 0.05) is 17.5 Å². The van der Waals surface area contributed by atoms with E-state index in [1.807, 2.05) is 17.5 Å². The van der Waals surface area contributed by atoms with E-state index < -0.39 is 24.4 Å². The number of cyclic esters (lactones) is 1. The number of thiophene rings is 1. The van der Waals surface area contributed by atoms with Crippen molar-refractivity contribution >= 4 is 17.3 Å². The molecule has 106 valence electrons. The molecule has 0 spiro atoms. The molecule has 1 saturated heterocycles. The van der Waals surface area contributed by atoms with Gasteiger partial charge >= 0.3 is 11.9 Å². The van der Waals surface area contributed by atoms with Gasteiger partial charge in [0.05, 0.1) is 6.42 Å². The highest BCUT2D eigenvalue weighted by Crippen LogP contribution is 2.31. The highest BCUT2D eigenvalue weighted by molar-refractivity contribution is 7.10. The number of esters is 1. The molecule has 0 aliphatic carbocycles. The molecule has 19 heavy (non-hydrogen) atoms. The molecule has 0 bridgehead atoms. The molecule has 2 unspecified atom stereocenters. The SMILES string of the molecule is CCCC(NCC1CC(F)(F)C(=O)O1)c1cccs1. The molecular formula is C13H17F2NO2S. The first-order valence-electron chi connectivity index (χ1n) is 6.38. The van der Waals surface area contributed by atoms with Crippen molar-refractivity contribution in [2.45, 2.75) is 44.3 Å². The van der Waals surface area contributed by atoms with Crippen molar-refractivity contribution in [2.75, 3.05) is 6.54 Å². The monoisotopic (exact) mass is 289 g/mol. The van der Waals surface area contributed by atoms with Crippen molar-refractivity contribution in [3.8, 4) is 0 Å². The smallest absolute Gasteiger partial charge is 0.377 e. The van der Waals surface area contributed by atoms with Crippen LogP contribution in [0.3, 0.4) is 0 Å². The van der Waals surface area contributed by atoms with E-state index in [0.29, 0.717) is 0 Å². The molecule has 3 nitrogen and oxygen atoms in total. The lowest BCUT2D eigenvalue weighted by molar-refractivity contribution is -0.159. The zero-order valence-electron chi connectivity index (χ0n) is 10.7. The van der Waals surface area contributed by atoms with Crippen LogP contribution in [-0.4, -0.2) is 24.5 Å². The molecule has 0 saturated carbocycles. The number of carbonyl (C=O) groups excluding carboxylic acids is 1. The van der Waals surface area contributed by atoms with Gasteiger partial charge in [-0.3, -0.25) is 0 Å². The molecule has 0 radical (unpaired) electrons. The summed E-state index contributed by atoms with van der Waals surface area (Å²) in [6.45, 7) is 2.34. The largest absolute Gasteiger partial charge is 0.456 e. The van der Waals surface area contributed by atoms with E-state index in [1.54, 1.807) is 11.3 Å². The number of hydrogen-bond donors (Lipinski definition) is 1. The molecule has 0 amide bonds. The number of rotatable bonds is 6. The highest BCUT2D eigenvalue weighted by atomic mass is 32.1. The van der Waals surface area contributed by atoms with Gasteiger partial charge in [0.1, 0.15) is 6.10 Å². The first kappa shape index (κ1) is 14.4. The molecule has 1 aromatic heterocycles. The normalized spacial score (nSPS) is 23.3. The van der Waals surface area contributed by atoms with Crippen LogP contribution in [0.25, 0.3) is 0 Å². The second-order valence-electron chi connectivity index (χ2n) is 4.70. The third-order valence-electron chi connectivity index (χ3n) is 3.11. The van der Waals surface area contributed by atoms with Crippen molar-refractivity contribution in [3.05, 3.63) is 22.4 Å². The van der Waals surface area contributed by atoms with Crippen LogP contribution in [-0.2, 0) is 9.53 Å². The average Bonchev–Trinajstić information content (AvgIpc) is 2.94. The van der Waals surface area contributed by atoms with Gasteiger partial charge in [-0.15, -0.1) is 11.3 Å². The molecular weight excluding hydrogens is 272 g/mol. The quantitative estimate of drug-likeness (QED) is 0.818. The van der Waals surface area contributed by atoms with Crippen LogP contribution in [0.15, 0.2) is 17.5 Å². The van der Waals surface area contributed by atoms with Gasteiger partial charge in [-0.05, 0) is 17.9 Å².